The van der Waals surface area contributed by atoms with Crippen molar-refractivity contribution in [3.63, 3.8) is 0 Å². The first-order valence-corrected chi connectivity index (χ1v) is 8.95. The number of nitrogens with zero attached hydrogens (tertiary/aromatic N) is 1. The summed E-state index contributed by atoms with van der Waals surface area (Å²) >= 11 is 0. The molecule has 2 rings (SSSR count). The molecule has 2 aliphatic heterocycles. The van der Waals surface area contributed by atoms with Crippen molar-refractivity contribution in [2.75, 3.05) is 6.54 Å². The maximum atomic E-state index is 12.7. The number of ketones is 1. The van der Waals surface area contributed by atoms with Gasteiger partial charge in [0, 0.05) is 17.8 Å². The summed E-state index contributed by atoms with van der Waals surface area (Å²) in [6.45, 7) is 8.17. The van der Waals surface area contributed by atoms with Crippen LogP contribution in [0.15, 0.2) is 12.2 Å². The zero-order valence-electron chi connectivity index (χ0n) is 15.2. The van der Waals surface area contributed by atoms with Gasteiger partial charge in [-0.15, -0.1) is 0 Å². The molecular formula is C19H29NO4. The van der Waals surface area contributed by atoms with Crippen molar-refractivity contribution < 1.29 is 19.1 Å². The van der Waals surface area contributed by atoms with Crippen LogP contribution < -0.4 is 0 Å². The fourth-order valence-electron chi connectivity index (χ4n) is 3.42. The number of carbonyl (C=O) groups excluding carboxylic acids is 3. The first-order valence-electron chi connectivity index (χ1n) is 8.95. The first kappa shape index (κ1) is 18.7. The normalized spacial score (nSPS) is 26.8. The van der Waals surface area contributed by atoms with Crippen LogP contribution in [-0.4, -0.2) is 41.3 Å². The van der Waals surface area contributed by atoms with Crippen LogP contribution in [-0.2, 0) is 19.1 Å². The van der Waals surface area contributed by atoms with E-state index in [0.717, 1.165) is 19.3 Å². The summed E-state index contributed by atoms with van der Waals surface area (Å²) in [7, 11) is 0. The van der Waals surface area contributed by atoms with Gasteiger partial charge in [0.2, 0.25) is 5.91 Å². The second-order valence-electron chi connectivity index (χ2n) is 7.88. The number of rotatable bonds is 6. The standard InChI is InChI=1S/C19H29NO4/c1-5-6-7-8-13(21)9-10-15-14-11-17(22)24-16(14)12-20(15)18(23)19(2,3)4/h9-10,14-16H,5-8,11-12H2,1-4H3/b10-9+/t14-,15-,16+/m1/s1. The molecule has 2 saturated heterocycles. The molecule has 0 aliphatic carbocycles. The van der Waals surface area contributed by atoms with Gasteiger partial charge in [-0.25, -0.2) is 0 Å². The van der Waals surface area contributed by atoms with E-state index in [-0.39, 0.29) is 35.7 Å². The van der Waals surface area contributed by atoms with E-state index in [4.69, 9.17) is 4.74 Å². The Balaban J connectivity index is 2.10. The summed E-state index contributed by atoms with van der Waals surface area (Å²) in [6.07, 6.45) is 7.03. The Morgan fingerprint density at radius 2 is 2.00 bits per heavy atom. The molecule has 0 aromatic rings. The van der Waals surface area contributed by atoms with E-state index in [0.29, 0.717) is 19.4 Å². The summed E-state index contributed by atoms with van der Waals surface area (Å²) < 4.78 is 5.34. The second-order valence-corrected chi connectivity index (χ2v) is 7.88. The maximum absolute atomic E-state index is 12.7. The van der Waals surface area contributed by atoms with Crippen molar-refractivity contribution >= 4 is 17.7 Å². The third kappa shape index (κ3) is 4.25. The van der Waals surface area contributed by atoms with E-state index in [9.17, 15) is 14.4 Å². The monoisotopic (exact) mass is 335 g/mol. The van der Waals surface area contributed by atoms with Gasteiger partial charge in [-0.3, -0.25) is 14.4 Å². The molecular weight excluding hydrogens is 306 g/mol. The zero-order chi connectivity index (χ0) is 17.9. The van der Waals surface area contributed by atoms with Gasteiger partial charge in [0.25, 0.3) is 0 Å². The molecule has 5 nitrogen and oxygen atoms in total. The number of hydrogen-bond donors (Lipinski definition) is 0. The van der Waals surface area contributed by atoms with Gasteiger partial charge in [0.05, 0.1) is 19.0 Å². The number of carbonyl (C=O) groups is 3. The van der Waals surface area contributed by atoms with Crippen LogP contribution in [0.5, 0.6) is 0 Å². The molecule has 2 fully saturated rings. The highest BCUT2D eigenvalue weighted by molar-refractivity contribution is 5.90. The van der Waals surface area contributed by atoms with Crippen LogP contribution in [0.3, 0.4) is 0 Å². The van der Waals surface area contributed by atoms with Gasteiger partial charge in [0.1, 0.15) is 6.10 Å². The highest BCUT2D eigenvalue weighted by Gasteiger charge is 2.50. The summed E-state index contributed by atoms with van der Waals surface area (Å²) in [4.78, 5) is 38.1. The van der Waals surface area contributed by atoms with Gasteiger partial charge < -0.3 is 9.64 Å². The number of amides is 1. The number of ether oxygens (including phenoxy) is 1. The summed E-state index contributed by atoms with van der Waals surface area (Å²) in [6, 6.07) is -0.233. The molecule has 0 saturated carbocycles. The van der Waals surface area contributed by atoms with Crippen LogP contribution in [0.2, 0.25) is 0 Å². The molecule has 0 unspecified atom stereocenters. The van der Waals surface area contributed by atoms with Crippen LogP contribution in [0.1, 0.15) is 59.8 Å². The van der Waals surface area contributed by atoms with Crippen molar-refractivity contribution in [2.24, 2.45) is 11.3 Å². The van der Waals surface area contributed by atoms with Crippen LogP contribution in [0.25, 0.3) is 0 Å². The number of fused-ring (bicyclic) bond motifs is 1. The van der Waals surface area contributed by atoms with Crippen molar-refractivity contribution in [3.05, 3.63) is 12.2 Å². The molecule has 3 atom stereocenters. The predicted molar refractivity (Wildman–Crippen MR) is 91.2 cm³/mol. The second kappa shape index (κ2) is 7.49. The predicted octanol–water partition coefficient (Wildman–Crippen LogP) is 2.88. The molecule has 0 aromatic carbocycles. The summed E-state index contributed by atoms with van der Waals surface area (Å²) in [5.74, 6) is -0.134. The van der Waals surface area contributed by atoms with Crippen molar-refractivity contribution in [3.8, 4) is 0 Å². The molecule has 134 valence electrons. The lowest BCUT2D eigenvalue weighted by Crippen LogP contribution is -2.43. The van der Waals surface area contributed by atoms with E-state index < -0.39 is 5.41 Å². The number of allylic oxidation sites excluding steroid dienone is 1. The molecule has 0 N–H and O–H groups in total. The van der Waals surface area contributed by atoms with E-state index >= 15 is 0 Å². The lowest BCUT2D eigenvalue weighted by molar-refractivity contribution is -0.146. The molecule has 0 spiro atoms. The molecule has 0 bridgehead atoms. The Hall–Kier alpha value is -1.65. The highest BCUT2D eigenvalue weighted by Crippen LogP contribution is 2.38. The minimum absolute atomic E-state index is 0.0287. The molecule has 0 radical (unpaired) electrons. The maximum Gasteiger partial charge on any atom is 0.306 e. The van der Waals surface area contributed by atoms with Crippen molar-refractivity contribution in [2.45, 2.75) is 71.9 Å². The summed E-state index contributed by atoms with van der Waals surface area (Å²) in [5.41, 5.74) is -0.500. The van der Waals surface area contributed by atoms with E-state index in [2.05, 4.69) is 6.92 Å². The lowest BCUT2D eigenvalue weighted by atomic mass is 9.92. The largest absolute Gasteiger partial charge is 0.460 e. The minimum atomic E-state index is -0.500. The van der Waals surface area contributed by atoms with Crippen LogP contribution in [0, 0.1) is 11.3 Å². The lowest BCUT2D eigenvalue weighted by Gasteiger charge is -2.30. The molecule has 0 aromatic heterocycles. The van der Waals surface area contributed by atoms with Crippen LogP contribution in [0.4, 0.5) is 0 Å². The Bertz CT molecular complexity index is 532. The quantitative estimate of drug-likeness (QED) is 0.425. The van der Waals surface area contributed by atoms with E-state index in [1.807, 2.05) is 26.8 Å². The molecule has 5 heteroatoms. The third-order valence-corrected chi connectivity index (χ3v) is 4.75. The minimum Gasteiger partial charge on any atom is -0.460 e. The fourth-order valence-corrected chi connectivity index (χ4v) is 3.42. The Morgan fingerprint density at radius 1 is 1.29 bits per heavy atom. The number of likely N-dealkylation sites (tertiary alicyclic amines) is 1. The Morgan fingerprint density at radius 3 is 2.62 bits per heavy atom. The average molecular weight is 335 g/mol. The SMILES string of the molecule is CCCCCC(=O)/C=C/[C@@H]1[C@H]2CC(=O)O[C@H]2CN1C(=O)C(C)(C)C. The number of unbranched alkanes of at least 4 members (excludes halogenated alkanes) is 2. The van der Waals surface area contributed by atoms with E-state index in [1.165, 1.54) is 0 Å². The molecule has 2 heterocycles. The van der Waals surface area contributed by atoms with Gasteiger partial charge in [-0.05, 0) is 12.5 Å². The molecule has 2 aliphatic rings. The number of hydrogen-bond acceptors (Lipinski definition) is 4. The van der Waals surface area contributed by atoms with Crippen molar-refractivity contribution in [1.82, 2.24) is 4.90 Å². The Labute approximate surface area is 144 Å². The van der Waals surface area contributed by atoms with Gasteiger partial charge in [-0.1, -0.05) is 46.6 Å². The zero-order valence-corrected chi connectivity index (χ0v) is 15.2. The fraction of sp³-hybridized carbons (Fsp3) is 0.737. The number of esters is 1. The smallest absolute Gasteiger partial charge is 0.306 e. The van der Waals surface area contributed by atoms with Crippen LogP contribution >= 0.6 is 0 Å². The van der Waals surface area contributed by atoms with Crippen molar-refractivity contribution in [1.29, 1.82) is 0 Å². The first-order chi connectivity index (χ1) is 11.2. The average Bonchev–Trinajstić information content (AvgIpc) is 2.99. The van der Waals surface area contributed by atoms with Gasteiger partial charge >= 0.3 is 5.97 Å². The van der Waals surface area contributed by atoms with E-state index in [1.54, 1.807) is 11.0 Å². The topological polar surface area (TPSA) is 63.7 Å². The van der Waals surface area contributed by atoms with Gasteiger partial charge in [0.15, 0.2) is 5.78 Å². The highest BCUT2D eigenvalue weighted by atomic mass is 16.6. The summed E-state index contributed by atoms with van der Waals surface area (Å²) in [5, 5.41) is 0. The third-order valence-electron chi connectivity index (χ3n) is 4.75. The molecule has 1 amide bonds. The Kier molecular flexibility index (Phi) is 5.83. The molecule has 24 heavy (non-hydrogen) atoms. The van der Waals surface area contributed by atoms with Gasteiger partial charge in [-0.2, -0.15) is 0 Å².